The van der Waals surface area contributed by atoms with Crippen LogP contribution < -0.4 is 13.8 Å². The molecular formula is C23H19F3NO6P. The molecule has 0 spiro atoms. The van der Waals surface area contributed by atoms with Crippen LogP contribution in [0.4, 0.5) is 13.2 Å². The van der Waals surface area contributed by atoms with Gasteiger partial charge in [-0.15, -0.1) is 0 Å². The van der Waals surface area contributed by atoms with E-state index in [9.17, 15) is 27.3 Å². The first-order chi connectivity index (χ1) is 16.1. The number of alkyl halides is 3. The third kappa shape index (κ3) is 7.38. The third-order valence-corrected chi connectivity index (χ3v) is 5.81. The average Bonchev–Trinajstić information content (AvgIpc) is 2.79. The molecule has 11 heteroatoms. The predicted molar refractivity (Wildman–Crippen MR) is 116 cm³/mol. The van der Waals surface area contributed by atoms with Crippen LogP contribution in [0.1, 0.15) is 0 Å². The van der Waals surface area contributed by atoms with E-state index in [2.05, 4.69) is 0 Å². The van der Waals surface area contributed by atoms with Crippen molar-refractivity contribution in [1.29, 1.82) is 0 Å². The third-order valence-electron chi connectivity index (χ3n) is 4.14. The number of esters is 1. The fourth-order valence-corrected chi connectivity index (χ4v) is 4.43. The Kier molecular flexibility index (Phi) is 7.96. The van der Waals surface area contributed by atoms with Gasteiger partial charge in [0.15, 0.2) is 0 Å². The standard InChI is InChI=1S/C23H19F3NO6P/c24-23(25,26)22(29)27(16-21(28)31-18-10-4-1-5-11-18)17-34(30,32-19-12-6-2-7-13-19)33-20-14-8-3-9-15-20/h1-15H,16-17H2. The molecule has 3 aromatic rings. The van der Waals surface area contributed by atoms with Gasteiger partial charge in [0.2, 0.25) is 0 Å². The number of benzene rings is 3. The van der Waals surface area contributed by atoms with E-state index in [0.717, 1.165) is 0 Å². The maximum absolute atomic E-state index is 13.6. The molecule has 0 bridgehead atoms. The van der Waals surface area contributed by atoms with E-state index >= 15 is 0 Å². The summed E-state index contributed by atoms with van der Waals surface area (Å²) in [5.74, 6) is -3.43. The van der Waals surface area contributed by atoms with Gasteiger partial charge in [0.1, 0.15) is 30.1 Å². The van der Waals surface area contributed by atoms with E-state index in [1.54, 1.807) is 54.6 Å². The maximum Gasteiger partial charge on any atom is 0.471 e. The Hall–Kier alpha value is -3.78. The molecule has 0 aliphatic carbocycles. The quantitative estimate of drug-likeness (QED) is 0.229. The van der Waals surface area contributed by atoms with Gasteiger partial charge in [-0.3, -0.25) is 4.79 Å². The summed E-state index contributed by atoms with van der Waals surface area (Å²) >= 11 is 0. The molecule has 0 fully saturated rings. The Morgan fingerprint density at radius 3 is 1.56 bits per heavy atom. The van der Waals surface area contributed by atoms with Crippen LogP contribution in [0.2, 0.25) is 0 Å². The summed E-state index contributed by atoms with van der Waals surface area (Å²) < 4.78 is 69.3. The number of ether oxygens (including phenoxy) is 1. The summed E-state index contributed by atoms with van der Waals surface area (Å²) in [6, 6.07) is 22.8. The van der Waals surface area contributed by atoms with Gasteiger partial charge in [-0.1, -0.05) is 54.6 Å². The molecule has 0 unspecified atom stereocenters. The number of carbonyl (C=O) groups is 2. The highest BCUT2D eigenvalue weighted by molar-refractivity contribution is 7.54. The largest absolute Gasteiger partial charge is 0.471 e. The first-order valence-corrected chi connectivity index (χ1v) is 11.6. The minimum atomic E-state index is -5.35. The van der Waals surface area contributed by atoms with Crippen molar-refractivity contribution in [2.24, 2.45) is 0 Å². The van der Waals surface area contributed by atoms with Gasteiger partial charge in [-0.25, -0.2) is 9.36 Å². The molecule has 0 saturated carbocycles. The van der Waals surface area contributed by atoms with E-state index < -0.39 is 38.5 Å². The van der Waals surface area contributed by atoms with E-state index in [-0.39, 0.29) is 22.1 Å². The van der Waals surface area contributed by atoms with Crippen molar-refractivity contribution in [2.75, 3.05) is 12.8 Å². The van der Waals surface area contributed by atoms with Crippen LogP contribution in [-0.2, 0) is 14.2 Å². The SMILES string of the molecule is O=C(CN(CP(=O)(Oc1ccccc1)Oc1ccccc1)C(=O)C(F)(F)F)Oc1ccccc1. The number of halogens is 3. The van der Waals surface area contributed by atoms with E-state index in [1.807, 2.05) is 0 Å². The minimum absolute atomic E-state index is 0.0352. The smallest absolute Gasteiger partial charge is 0.425 e. The molecule has 3 rings (SSSR count). The van der Waals surface area contributed by atoms with Gasteiger partial charge >= 0.3 is 25.6 Å². The van der Waals surface area contributed by atoms with Crippen molar-refractivity contribution in [3.63, 3.8) is 0 Å². The number of hydrogen-bond donors (Lipinski definition) is 0. The molecule has 0 saturated heterocycles. The van der Waals surface area contributed by atoms with Crippen LogP contribution in [-0.4, -0.2) is 35.8 Å². The number of carbonyl (C=O) groups excluding carboxylic acids is 2. The van der Waals surface area contributed by atoms with Gasteiger partial charge in [0.05, 0.1) is 0 Å². The van der Waals surface area contributed by atoms with E-state index in [0.29, 0.717) is 0 Å². The van der Waals surface area contributed by atoms with Crippen LogP contribution in [0.3, 0.4) is 0 Å². The van der Waals surface area contributed by atoms with Crippen molar-refractivity contribution >= 4 is 19.5 Å². The van der Waals surface area contributed by atoms with Crippen LogP contribution in [0.5, 0.6) is 17.2 Å². The van der Waals surface area contributed by atoms with E-state index in [1.165, 1.54) is 36.4 Å². The Balaban J connectivity index is 1.88. The fourth-order valence-electron chi connectivity index (χ4n) is 2.74. The average molecular weight is 493 g/mol. The van der Waals surface area contributed by atoms with Crippen LogP contribution in [0.15, 0.2) is 91.0 Å². The fraction of sp³-hybridized carbons (Fsp3) is 0.130. The minimum Gasteiger partial charge on any atom is -0.425 e. The first kappa shape index (κ1) is 24.9. The van der Waals surface area contributed by atoms with Crippen molar-refractivity contribution in [1.82, 2.24) is 4.90 Å². The van der Waals surface area contributed by atoms with E-state index in [4.69, 9.17) is 13.8 Å². The van der Waals surface area contributed by atoms with Crippen LogP contribution >= 0.6 is 7.60 Å². The Labute approximate surface area is 193 Å². The Morgan fingerprint density at radius 2 is 1.15 bits per heavy atom. The van der Waals surface area contributed by atoms with Crippen molar-refractivity contribution < 1.29 is 41.1 Å². The lowest BCUT2D eigenvalue weighted by atomic mass is 10.3. The molecule has 3 aromatic carbocycles. The van der Waals surface area contributed by atoms with Crippen molar-refractivity contribution in [3.8, 4) is 17.2 Å². The molecule has 34 heavy (non-hydrogen) atoms. The van der Waals surface area contributed by atoms with Gasteiger partial charge in [-0.05, 0) is 36.4 Å². The zero-order chi connectivity index (χ0) is 24.6. The van der Waals surface area contributed by atoms with Gasteiger partial charge in [-0.2, -0.15) is 13.2 Å². The monoisotopic (exact) mass is 493 g/mol. The second-order valence-corrected chi connectivity index (χ2v) is 8.72. The number of amides is 1. The predicted octanol–water partition coefficient (Wildman–Crippen LogP) is 5.29. The van der Waals surface area contributed by atoms with Crippen LogP contribution in [0.25, 0.3) is 0 Å². The van der Waals surface area contributed by atoms with Gasteiger partial charge in [0.25, 0.3) is 0 Å². The molecule has 0 atom stereocenters. The number of hydrogen-bond acceptors (Lipinski definition) is 6. The molecule has 0 aromatic heterocycles. The molecule has 178 valence electrons. The summed E-state index contributed by atoms with van der Waals surface area (Å²) in [6.07, 6.45) is -6.52. The zero-order valence-electron chi connectivity index (χ0n) is 17.6. The second-order valence-electron chi connectivity index (χ2n) is 6.85. The maximum atomic E-state index is 13.6. The molecule has 7 nitrogen and oxygen atoms in total. The molecule has 0 heterocycles. The topological polar surface area (TPSA) is 82.1 Å². The molecule has 0 aliphatic heterocycles. The molecular weight excluding hydrogens is 474 g/mol. The van der Waals surface area contributed by atoms with Gasteiger partial charge in [0, 0.05) is 0 Å². The summed E-state index contributed by atoms with van der Waals surface area (Å²) in [6.45, 7) is -1.15. The Bertz CT molecular complexity index is 1100. The lowest BCUT2D eigenvalue weighted by molar-refractivity contribution is -0.185. The Morgan fingerprint density at radius 1 is 0.735 bits per heavy atom. The van der Waals surface area contributed by atoms with Crippen molar-refractivity contribution in [2.45, 2.75) is 6.18 Å². The summed E-state index contributed by atoms with van der Waals surface area (Å²) in [4.78, 5) is 24.4. The molecule has 1 amide bonds. The summed E-state index contributed by atoms with van der Waals surface area (Å²) in [7, 11) is -4.48. The molecule has 0 N–H and O–H groups in total. The number of para-hydroxylation sites is 3. The summed E-state index contributed by atoms with van der Waals surface area (Å²) in [5, 5.41) is 0. The zero-order valence-corrected chi connectivity index (χ0v) is 18.4. The number of nitrogens with zero attached hydrogens (tertiary/aromatic N) is 1. The van der Waals surface area contributed by atoms with Gasteiger partial charge < -0.3 is 18.7 Å². The normalized spacial score (nSPS) is 11.4. The highest BCUT2D eigenvalue weighted by atomic mass is 31.2. The second kappa shape index (κ2) is 10.9. The number of rotatable bonds is 9. The lowest BCUT2D eigenvalue weighted by Crippen LogP contribution is -2.45. The molecule has 0 radical (unpaired) electrons. The van der Waals surface area contributed by atoms with Crippen LogP contribution in [0, 0.1) is 0 Å². The highest BCUT2D eigenvalue weighted by Gasteiger charge is 2.46. The first-order valence-electron chi connectivity index (χ1n) is 9.85. The summed E-state index contributed by atoms with van der Waals surface area (Å²) in [5.41, 5.74) is 0. The lowest BCUT2D eigenvalue weighted by Gasteiger charge is -2.27. The van der Waals surface area contributed by atoms with Crippen molar-refractivity contribution in [3.05, 3.63) is 91.0 Å². The molecule has 0 aliphatic rings. The highest BCUT2D eigenvalue weighted by Crippen LogP contribution is 2.49.